The lowest BCUT2D eigenvalue weighted by Crippen LogP contribution is -2.54. The molecule has 128 valence electrons. The van der Waals surface area contributed by atoms with Crippen LogP contribution in [0.2, 0.25) is 0 Å². The number of aromatic nitrogens is 1. The van der Waals surface area contributed by atoms with E-state index in [1.807, 2.05) is 12.4 Å². The van der Waals surface area contributed by atoms with Gasteiger partial charge in [0.25, 0.3) is 0 Å². The fourth-order valence-corrected chi connectivity index (χ4v) is 4.31. The lowest BCUT2D eigenvalue weighted by molar-refractivity contribution is 0.0547. The summed E-state index contributed by atoms with van der Waals surface area (Å²) >= 11 is 0. The Balaban J connectivity index is 1.64. The Labute approximate surface area is 142 Å². The van der Waals surface area contributed by atoms with E-state index in [-0.39, 0.29) is 19.3 Å². The van der Waals surface area contributed by atoms with Crippen LogP contribution in [0.25, 0.3) is 10.8 Å². The zero-order chi connectivity index (χ0) is 16.5. The highest BCUT2D eigenvalue weighted by atomic mass is 16.3. The number of rotatable bonds is 4. The van der Waals surface area contributed by atoms with Crippen molar-refractivity contribution in [2.75, 3.05) is 37.7 Å². The number of nitrogens with zero attached hydrogens (tertiary/aromatic N) is 3. The van der Waals surface area contributed by atoms with E-state index < -0.39 is 0 Å². The summed E-state index contributed by atoms with van der Waals surface area (Å²) in [6.07, 6.45) is 7.26. The Morgan fingerprint density at radius 2 is 2.04 bits per heavy atom. The molecule has 0 bridgehead atoms. The van der Waals surface area contributed by atoms with Gasteiger partial charge in [-0.15, -0.1) is 0 Å². The number of anilines is 1. The van der Waals surface area contributed by atoms with E-state index in [4.69, 9.17) is 0 Å². The van der Waals surface area contributed by atoms with Gasteiger partial charge < -0.3 is 15.1 Å². The van der Waals surface area contributed by atoms with Crippen molar-refractivity contribution in [3.05, 3.63) is 36.2 Å². The van der Waals surface area contributed by atoms with Crippen LogP contribution in [0.1, 0.15) is 18.4 Å². The second-order valence-electron chi connectivity index (χ2n) is 6.93. The summed E-state index contributed by atoms with van der Waals surface area (Å²) in [6, 6.07) is 6.78. The highest BCUT2D eigenvalue weighted by molar-refractivity contribution is 5.97. The summed E-state index contributed by atoms with van der Waals surface area (Å²) in [5.74, 6) is 0. The van der Waals surface area contributed by atoms with Gasteiger partial charge in [0.15, 0.2) is 0 Å². The van der Waals surface area contributed by atoms with Crippen molar-refractivity contribution < 1.29 is 10.2 Å². The van der Waals surface area contributed by atoms with E-state index >= 15 is 0 Å². The van der Waals surface area contributed by atoms with Crippen LogP contribution >= 0.6 is 0 Å². The average molecular weight is 327 g/mol. The molecule has 4 rings (SSSR count). The van der Waals surface area contributed by atoms with E-state index in [0.29, 0.717) is 6.04 Å². The van der Waals surface area contributed by atoms with E-state index in [9.17, 15) is 10.2 Å². The topological polar surface area (TPSA) is 59.8 Å². The van der Waals surface area contributed by atoms with Crippen molar-refractivity contribution in [3.63, 3.8) is 0 Å². The van der Waals surface area contributed by atoms with Crippen LogP contribution in [0, 0.1) is 0 Å². The molecule has 0 radical (unpaired) electrons. The maximum Gasteiger partial charge on any atom is 0.0609 e. The van der Waals surface area contributed by atoms with E-state index in [1.54, 1.807) is 0 Å². The minimum absolute atomic E-state index is 0.0211. The molecule has 1 unspecified atom stereocenters. The third-order valence-electron chi connectivity index (χ3n) is 5.58. The Morgan fingerprint density at radius 1 is 1.17 bits per heavy atom. The predicted molar refractivity (Wildman–Crippen MR) is 95.3 cm³/mol. The minimum Gasteiger partial charge on any atom is -0.395 e. The number of pyridine rings is 1. The van der Waals surface area contributed by atoms with Gasteiger partial charge in [-0.1, -0.05) is 12.1 Å². The molecule has 1 atom stereocenters. The van der Waals surface area contributed by atoms with Crippen molar-refractivity contribution in [3.8, 4) is 0 Å². The SMILES string of the molecule is OCC(CO)N1CCCC(N2CCc3cncc4cccc2c34)C1. The normalized spacial score (nSPS) is 21.6. The van der Waals surface area contributed by atoms with Crippen molar-refractivity contribution >= 4 is 16.5 Å². The summed E-state index contributed by atoms with van der Waals surface area (Å²) in [5, 5.41) is 21.6. The molecule has 1 aromatic heterocycles. The van der Waals surface area contributed by atoms with Gasteiger partial charge in [-0.2, -0.15) is 0 Å². The highest BCUT2D eigenvalue weighted by Gasteiger charge is 2.31. The van der Waals surface area contributed by atoms with E-state index in [2.05, 4.69) is 33.0 Å². The Hall–Kier alpha value is -1.69. The number of hydrogen-bond donors (Lipinski definition) is 2. The van der Waals surface area contributed by atoms with Crippen LogP contribution in [0.4, 0.5) is 5.69 Å². The van der Waals surface area contributed by atoms with Gasteiger partial charge in [-0.25, -0.2) is 0 Å². The van der Waals surface area contributed by atoms with Crippen molar-refractivity contribution in [2.45, 2.75) is 31.3 Å². The molecule has 2 aliphatic heterocycles. The molecule has 2 aliphatic rings. The second-order valence-corrected chi connectivity index (χ2v) is 6.93. The molecule has 0 amide bonds. The lowest BCUT2D eigenvalue weighted by atomic mass is 9.94. The molecule has 5 heteroatoms. The first-order valence-corrected chi connectivity index (χ1v) is 8.90. The molecule has 0 spiro atoms. The first kappa shape index (κ1) is 15.8. The molecule has 0 aliphatic carbocycles. The number of hydrogen-bond acceptors (Lipinski definition) is 5. The number of benzene rings is 1. The smallest absolute Gasteiger partial charge is 0.0609 e. The number of aliphatic hydroxyl groups excluding tert-OH is 2. The molecule has 2 N–H and O–H groups in total. The predicted octanol–water partition coefficient (Wildman–Crippen LogP) is 1.41. The van der Waals surface area contributed by atoms with Gasteiger partial charge in [0.05, 0.1) is 19.3 Å². The molecule has 1 aromatic carbocycles. The standard InChI is InChI=1S/C19H25N3O2/c23-12-17(13-24)21-7-2-4-16(11-21)22-8-6-15-10-20-9-14-3-1-5-18(22)19(14)15/h1,3,5,9-10,16-17,23-24H,2,4,6-8,11-13H2. The summed E-state index contributed by atoms with van der Waals surface area (Å²) in [7, 11) is 0. The largest absolute Gasteiger partial charge is 0.395 e. The van der Waals surface area contributed by atoms with Gasteiger partial charge in [-0.05, 0) is 37.4 Å². The van der Waals surface area contributed by atoms with Crippen molar-refractivity contribution in [2.24, 2.45) is 0 Å². The van der Waals surface area contributed by atoms with Crippen LogP contribution in [0.15, 0.2) is 30.6 Å². The lowest BCUT2D eigenvalue weighted by Gasteiger charge is -2.44. The Kier molecular flexibility index (Phi) is 4.39. The van der Waals surface area contributed by atoms with Crippen LogP contribution in [0.5, 0.6) is 0 Å². The summed E-state index contributed by atoms with van der Waals surface area (Å²) in [5.41, 5.74) is 2.66. The molecule has 24 heavy (non-hydrogen) atoms. The summed E-state index contributed by atoms with van der Waals surface area (Å²) in [4.78, 5) is 9.15. The third-order valence-corrected chi connectivity index (χ3v) is 5.58. The molecular formula is C19H25N3O2. The molecule has 3 heterocycles. The van der Waals surface area contributed by atoms with Crippen LogP contribution in [-0.2, 0) is 6.42 Å². The number of aliphatic hydroxyl groups is 2. The number of likely N-dealkylation sites (tertiary alicyclic amines) is 1. The van der Waals surface area contributed by atoms with Gasteiger partial charge in [0.2, 0.25) is 0 Å². The molecule has 1 saturated heterocycles. The minimum atomic E-state index is -0.134. The van der Waals surface area contributed by atoms with Gasteiger partial charge in [0, 0.05) is 48.0 Å². The van der Waals surface area contributed by atoms with E-state index in [1.165, 1.54) is 22.0 Å². The molecule has 2 aromatic rings. The monoisotopic (exact) mass is 327 g/mol. The zero-order valence-electron chi connectivity index (χ0n) is 13.9. The molecule has 0 saturated carbocycles. The summed E-state index contributed by atoms with van der Waals surface area (Å²) in [6.45, 7) is 2.92. The maximum absolute atomic E-state index is 9.51. The highest BCUT2D eigenvalue weighted by Crippen LogP contribution is 2.36. The fraction of sp³-hybridized carbons (Fsp3) is 0.526. The Bertz CT molecular complexity index is 712. The summed E-state index contributed by atoms with van der Waals surface area (Å²) < 4.78 is 0. The molecular weight excluding hydrogens is 302 g/mol. The zero-order valence-corrected chi connectivity index (χ0v) is 13.9. The van der Waals surface area contributed by atoms with Gasteiger partial charge >= 0.3 is 0 Å². The molecule has 1 fully saturated rings. The first-order valence-electron chi connectivity index (χ1n) is 8.90. The van der Waals surface area contributed by atoms with Crippen LogP contribution in [0.3, 0.4) is 0 Å². The van der Waals surface area contributed by atoms with Crippen LogP contribution < -0.4 is 4.90 Å². The van der Waals surface area contributed by atoms with Gasteiger partial charge in [-0.3, -0.25) is 9.88 Å². The molecule has 5 nitrogen and oxygen atoms in total. The van der Waals surface area contributed by atoms with E-state index in [0.717, 1.165) is 38.9 Å². The van der Waals surface area contributed by atoms with Gasteiger partial charge in [0.1, 0.15) is 0 Å². The van der Waals surface area contributed by atoms with Crippen molar-refractivity contribution in [1.82, 2.24) is 9.88 Å². The van der Waals surface area contributed by atoms with Crippen molar-refractivity contribution in [1.29, 1.82) is 0 Å². The first-order chi connectivity index (χ1) is 11.8. The second kappa shape index (κ2) is 6.67. The number of piperidine rings is 1. The Morgan fingerprint density at radius 3 is 2.88 bits per heavy atom. The average Bonchev–Trinajstić information content (AvgIpc) is 2.64. The quantitative estimate of drug-likeness (QED) is 0.889. The maximum atomic E-state index is 9.51. The fourth-order valence-electron chi connectivity index (χ4n) is 4.31. The third kappa shape index (κ3) is 2.66. The van der Waals surface area contributed by atoms with Crippen LogP contribution in [-0.4, -0.2) is 65.0 Å².